The van der Waals surface area contributed by atoms with Gasteiger partial charge < -0.3 is 5.32 Å². The van der Waals surface area contributed by atoms with Gasteiger partial charge in [-0.3, -0.25) is 9.36 Å². The lowest BCUT2D eigenvalue weighted by atomic mass is 10.1. The van der Waals surface area contributed by atoms with Gasteiger partial charge in [-0.15, -0.1) is 0 Å². The number of hydrogen-bond donors (Lipinski definition) is 1. The molecule has 5 heteroatoms. The molecule has 0 bridgehead atoms. The molecule has 0 saturated carbocycles. The monoisotopic (exact) mass is 370 g/mol. The average Bonchev–Trinajstić information content (AvgIpc) is 3.02. The largest absolute Gasteiger partial charge is 0.348 e. The van der Waals surface area contributed by atoms with Crippen molar-refractivity contribution in [2.45, 2.75) is 27.3 Å². The summed E-state index contributed by atoms with van der Waals surface area (Å²) in [6.45, 7) is 6.46. The first-order valence-corrected chi connectivity index (χ1v) is 9.28. The van der Waals surface area contributed by atoms with E-state index in [1.54, 1.807) is 6.20 Å². The summed E-state index contributed by atoms with van der Waals surface area (Å²) in [5.74, 6) is 0.755. The standard InChI is InChI=1S/C23H22N4O/c1-15-7-4-8-18(13-15)14-25-23(28)19-9-5-11-21(16(19)2)27-17(3)26-20-10-6-12-24-22(20)27/h4-13H,14H2,1-3H3,(H,25,28). The number of imidazole rings is 1. The third kappa shape index (κ3) is 3.27. The molecule has 0 fully saturated rings. The van der Waals surface area contributed by atoms with Crippen LogP contribution in [0, 0.1) is 20.8 Å². The second-order valence-electron chi connectivity index (χ2n) is 6.96. The molecule has 0 unspecified atom stereocenters. The fourth-order valence-corrected chi connectivity index (χ4v) is 3.53. The summed E-state index contributed by atoms with van der Waals surface area (Å²) in [6.07, 6.45) is 1.76. The molecule has 0 spiro atoms. The molecule has 0 atom stereocenters. The number of carbonyl (C=O) groups is 1. The molecule has 1 N–H and O–H groups in total. The molecule has 4 aromatic rings. The summed E-state index contributed by atoms with van der Waals surface area (Å²) >= 11 is 0. The van der Waals surface area contributed by atoms with Crippen LogP contribution in [0.4, 0.5) is 0 Å². The third-order valence-corrected chi connectivity index (χ3v) is 4.91. The maximum absolute atomic E-state index is 12.8. The molecule has 2 heterocycles. The zero-order valence-corrected chi connectivity index (χ0v) is 16.2. The zero-order chi connectivity index (χ0) is 19.7. The van der Waals surface area contributed by atoms with E-state index in [0.717, 1.165) is 33.8 Å². The Balaban J connectivity index is 1.67. The molecule has 2 aromatic carbocycles. The van der Waals surface area contributed by atoms with E-state index in [9.17, 15) is 4.79 Å². The fraction of sp³-hybridized carbons (Fsp3) is 0.174. The normalized spacial score (nSPS) is 11.0. The van der Waals surface area contributed by atoms with Crippen LogP contribution >= 0.6 is 0 Å². The molecule has 0 aliphatic heterocycles. The van der Waals surface area contributed by atoms with Crippen LogP contribution in [0.2, 0.25) is 0 Å². The number of rotatable bonds is 4. The van der Waals surface area contributed by atoms with Gasteiger partial charge in [0.1, 0.15) is 11.3 Å². The van der Waals surface area contributed by atoms with Gasteiger partial charge in [0.15, 0.2) is 5.65 Å². The maximum atomic E-state index is 12.8. The molecule has 28 heavy (non-hydrogen) atoms. The van der Waals surface area contributed by atoms with Gasteiger partial charge in [-0.05, 0) is 56.2 Å². The van der Waals surface area contributed by atoms with Crippen LogP contribution in [0.3, 0.4) is 0 Å². The van der Waals surface area contributed by atoms with Crippen molar-refractivity contribution >= 4 is 17.1 Å². The number of aromatic nitrogens is 3. The molecule has 0 radical (unpaired) electrons. The Kier molecular flexibility index (Phi) is 4.65. The Bertz CT molecular complexity index is 1180. The van der Waals surface area contributed by atoms with Gasteiger partial charge in [-0.1, -0.05) is 35.9 Å². The van der Waals surface area contributed by atoms with E-state index in [4.69, 9.17) is 0 Å². The average molecular weight is 370 g/mol. The van der Waals surface area contributed by atoms with Gasteiger partial charge >= 0.3 is 0 Å². The predicted molar refractivity (Wildman–Crippen MR) is 111 cm³/mol. The van der Waals surface area contributed by atoms with Gasteiger partial charge in [-0.2, -0.15) is 0 Å². The van der Waals surface area contributed by atoms with Gasteiger partial charge in [0.05, 0.1) is 5.69 Å². The quantitative estimate of drug-likeness (QED) is 0.583. The fourth-order valence-electron chi connectivity index (χ4n) is 3.53. The van der Waals surface area contributed by atoms with Gasteiger partial charge in [-0.25, -0.2) is 9.97 Å². The first kappa shape index (κ1) is 17.9. The molecule has 0 aliphatic carbocycles. The second-order valence-corrected chi connectivity index (χ2v) is 6.96. The van der Waals surface area contributed by atoms with E-state index in [0.29, 0.717) is 12.1 Å². The molecular formula is C23H22N4O. The van der Waals surface area contributed by atoms with Crippen LogP contribution in [-0.2, 0) is 6.54 Å². The number of benzene rings is 2. The topological polar surface area (TPSA) is 59.8 Å². The summed E-state index contributed by atoms with van der Waals surface area (Å²) in [4.78, 5) is 21.9. The Labute approximate surface area is 164 Å². The minimum Gasteiger partial charge on any atom is -0.348 e. The van der Waals surface area contributed by atoms with Crippen LogP contribution in [0.15, 0.2) is 60.8 Å². The molecule has 0 aliphatic rings. The van der Waals surface area contributed by atoms with Crippen molar-refractivity contribution in [1.82, 2.24) is 19.9 Å². The molecule has 2 aromatic heterocycles. The highest BCUT2D eigenvalue weighted by Crippen LogP contribution is 2.24. The van der Waals surface area contributed by atoms with Crippen molar-refractivity contribution in [2.75, 3.05) is 0 Å². The predicted octanol–water partition coefficient (Wildman–Crippen LogP) is 4.28. The molecule has 0 saturated heterocycles. The number of nitrogens with zero attached hydrogens (tertiary/aromatic N) is 3. The number of pyridine rings is 1. The zero-order valence-electron chi connectivity index (χ0n) is 16.2. The van der Waals surface area contributed by atoms with E-state index >= 15 is 0 Å². The highest BCUT2D eigenvalue weighted by Gasteiger charge is 2.16. The second kappa shape index (κ2) is 7.27. The van der Waals surface area contributed by atoms with E-state index in [1.165, 1.54) is 5.56 Å². The van der Waals surface area contributed by atoms with Gasteiger partial charge in [0.2, 0.25) is 0 Å². The van der Waals surface area contributed by atoms with Crippen LogP contribution in [0.25, 0.3) is 16.9 Å². The van der Waals surface area contributed by atoms with Crippen molar-refractivity contribution in [2.24, 2.45) is 0 Å². The number of aryl methyl sites for hydroxylation is 2. The number of carbonyl (C=O) groups excluding carboxylic acids is 1. The summed E-state index contributed by atoms with van der Waals surface area (Å²) in [5.41, 5.74) is 6.37. The number of amides is 1. The lowest BCUT2D eigenvalue weighted by Gasteiger charge is -2.14. The van der Waals surface area contributed by atoms with Crippen LogP contribution in [0.1, 0.15) is 32.9 Å². The summed E-state index contributed by atoms with van der Waals surface area (Å²) in [6, 6.07) is 17.7. The lowest BCUT2D eigenvalue weighted by molar-refractivity contribution is 0.0950. The van der Waals surface area contributed by atoms with Crippen molar-refractivity contribution in [3.8, 4) is 5.69 Å². The lowest BCUT2D eigenvalue weighted by Crippen LogP contribution is -2.24. The van der Waals surface area contributed by atoms with Crippen molar-refractivity contribution in [1.29, 1.82) is 0 Å². The van der Waals surface area contributed by atoms with Crippen molar-refractivity contribution in [3.63, 3.8) is 0 Å². The highest BCUT2D eigenvalue weighted by atomic mass is 16.1. The molecule has 5 nitrogen and oxygen atoms in total. The number of nitrogens with one attached hydrogen (secondary N) is 1. The summed E-state index contributed by atoms with van der Waals surface area (Å²) in [7, 11) is 0. The van der Waals surface area contributed by atoms with E-state index < -0.39 is 0 Å². The smallest absolute Gasteiger partial charge is 0.251 e. The maximum Gasteiger partial charge on any atom is 0.251 e. The molecule has 140 valence electrons. The van der Waals surface area contributed by atoms with Crippen molar-refractivity contribution in [3.05, 3.63) is 88.9 Å². The Morgan fingerprint density at radius 1 is 1.04 bits per heavy atom. The Morgan fingerprint density at radius 2 is 1.86 bits per heavy atom. The first-order valence-electron chi connectivity index (χ1n) is 9.28. The molecule has 4 rings (SSSR count). The van der Waals surface area contributed by atoms with Gasteiger partial charge in [0.25, 0.3) is 5.91 Å². The van der Waals surface area contributed by atoms with Crippen LogP contribution in [0.5, 0.6) is 0 Å². The van der Waals surface area contributed by atoms with Crippen LogP contribution in [-0.4, -0.2) is 20.4 Å². The molecule has 1 amide bonds. The first-order chi connectivity index (χ1) is 13.5. The molecular weight excluding hydrogens is 348 g/mol. The highest BCUT2D eigenvalue weighted by molar-refractivity contribution is 5.96. The summed E-state index contributed by atoms with van der Waals surface area (Å²) < 4.78 is 2.00. The Morgan fingerprint density at radius 3 is 2.68 bits per heavy atom. The van der Waals surface area contributed by atoms with E-state index in [-0.39, 0.29) is 5.91 Å². The SMILES string of the molecule is Cc1cccc(CNC(=O)c2cccc(-n3c(C)nc4cccnc43)c2C)c1. The van der Waals surface area contributed by atoms with E-state index in [1.807, 2.05) is 73.9 Å². The third-order valence-electron chi connectivity index (χ3n) is 4.91. The Hall–Kier alpha value is -3.47. The number of hydrogen-bond acceptors (Lipinski definition) is 3. The van der Waals surface area contributed by atoms with Crippen LogP contribution < -0.4 is 5.32 Å². The summed E-state index contributed by atoms with van der Waals surface area (Å²) in [5, 5.41) is 3.03. The minimum absolute atomic E-state index is 0.0871. The minimum atomic E-state index is -0.0871. The van der Waals surface area contributed by atoms with E-state index in [2.05, 4.69) is 21.4 Å². The van der Waals surface area contributed by atoms with Gasteiger partial charge in [0, 0.05) is 18.3 Å². The number of fused-ring (bicyclic) bond motifs is 1. The van der Waals surface area contributed by atoms with Crippen molar-refractivity contribution < 1.29 is 4.79 Å².